The van der Waals surface area contributed by atoms with Crippen molar-refractivity contribution >= 4 is 5.91 Å². The zero-order valence-corrected chi connectivity index (χ0v) is 9.05. The van der Waals surface area contributed by atoms with Gasteiger partial charge in [0.2, 0.25) is 5.91 Å². The lowest BCUT2D eigenvalue weighted by Gasteiger charge is -2.17. The Hall–Kier alpha value is -1.67. The minimum atomic E-state index is -4.58. The number of hydrogen-bond acceptors (Lipinski definition) is 4. The average Bonchev–Trinajstić information content (AvgIpc) is 2.26. The molecule has 5 nitrogen and oxygen atoms in total. The molecule has 0 aliphatic carbocycles. The Kier molecular flexibility index (Phi) is 4.25. The van der Waals surface area contributed by atoms with Gasteiger partial charge in [0, 0.05) is 6.20 Å². The summed E-state index contributed by atoms with van der Waals surface area (Å²) in [4.78, 5) is 14.0. The minimum Gasteiger partial charge on any atom is -0.389 e. The van der Waals surface area contributed by atoms with Crippen molar-refractivity contribution in [2.75, 3.05) is 0 Å². The summed E-state index contributed by atoms with van der Waals surface area (Å²) in [7, 11) is 0. The van der Waals surface area contributed by atoms with Crippen LogP contribution in [0.3, 0.4) is 0 Å². The summed E-state index contributed by atoms with van der Waals surface area (Å²) in [6, 6.07) is 1.34. The second kappa shape index (κ2) is 5.32. The van der Waals surface area contributed by atoms with Crippen LogP contribution < -0.4 is 5.73 Å². The van der Waals surface area contributed by atoms with Gasteiger partial charge in [0.25, 0.3) is 0 Å². The minimum absolute atomic E-state index is 0.376. The molecule has 2 unspecified atom stereocenters. The van der Waals surface area contributed by atoms with Gasteiger partial charge in [-0.15, -0.1) is 0 Å². The fraction of sp³-hybridized carbons (Fsp3) is 0.400. The number of alkyl halides is 3. The highest BCUT2D eigenvalue weighted by atomic mass is 19.4. The molecule has 1 rings (SSSR count). The molecule has 0 aromatic carbocycles. The number of hydrogen-bond donors (Lipinski definition) is 3. The van der Waals surface area contributed by atoms with E-state index in [-0.39, 0.29) is 5.69 Å². The molecule has 0 fully saturated rings. The first-order valence-electron chi connectivity index (χ1n) is 4.89. The van der Waals surface area contributed by atoms with Gasteiger partial charge in [0.15, 0.2) is 0 Å². The summed E-state index contributed by atoms with van der Waals surface area (Å²) < 4.78 is 37.2. The van der Waals surface area contributed by atoms with Crippen LogP contribution in [0.15, 0.2) is 18.3 Å². The van der Waals surface area contributed by atoms with E-state index in [4.69, 9.17) is 5.73 Å². The van der Waals surface area contributed by atoms with Gasteiger partial charge in [-0.25, -0.2) is 0 Å². The van der Waals surface area contributed by atoms with Crippen LogP contribution in [0.4, 0.5) is 13.2 Å². The van der Waals surface area contributed by atoms with E-state index < -0.39 is 36.3 Å². The van der Waals surface area contributed by atoms with Gasteiger partial charge in [0.05, 0.1) is 23.8 Å². The zero-order valence-electron chi connectivity index (χ0n) is 9.05. The van der Waals surface area contributed by atoms with Gasteiger partial charge in [-0.3, -0.25) is 9.78 Å². The maximum atomic E-state index is 12.4. The van der Waals surface area contributed by atoms with Crippen molar-refractivity contribution in [3.63, 3.8) is 0 Å². The van der Waals surface area contributed by atoms with Crippen LogP contribution in [-0.4, -0.2) is 27.2 Å². The predicted molar refractivity (Wildman–Crippen MR) is 54.0 cm³/mol. The lowest BCUT2D eigenvalue weighted by molar-refractivity contribution is -0.138. The summed E-state index contributed by atoms with van der Waals surface area (Å²) in [6.07, 6.45) is -7.60. The predicted octanol–water partition coefficient (Wildman–Crippen LogP) is 0.370. The molecule has 18 heavy (non-hydrogen) atoms. The van der Waals surface area contributed by atoms with E-state index in [2.05, 4.69) is 4.98 Å². The summed E-state index contributed by atoms with van der Waals surface area (Å²) in [6.45, 7) is 0. The first kappa shape index (κ1) is 14.4. The van der Waals surface area contributed by atoms with E-state index in [0.29, 0.717) is 6.07 Å². The maximum Gasteiger partial charge on any atom is 0.416 e. The first-order chi connectivity index (χ1) is 8.21. The number of halogens is 3. The van der Waals surface area contributed by atoms with E-state index >= 15 is 0 Å². The van der Waals surface area contributed by atoms with E-state index in [1.807, 2.05) is 0 Å². The van der Waals surface area contributed by atoms with Crippen LogP contribution in [0.25, 0.3) is 0 Å². The molecule has 0 spiro atoms. The van der Waals surface area contributed by atoms with E-state index in [1.165, 1.54) is 0 Å². The van der Waals surface area contributed by atoms with Crippen LogP contribution >= 0.6 is 0 Å². The number of aliphatic hydroxyl groups excluding tert-OH is 2. The molecule has 0 saturated carbocycles. The molecule has 100 valence electrons. The summed E-state index contributed by atoms with van der Waals surface area (Å²) >= 11 is 0. The molecule has 1 aromatic heterocycles. The Bertz CT molecular complexity index is 437. The fourth-order valence-corrected chi connectivity index (χ4v) is 1.30. The Morgan fingerprint density at radius 2 is 2.06 bits per heavy atom. The lowest BCUT2D eigenvalue weighted by atomic mass is 10.1. The average molecular weight is 264 g/mol. The van der Waals surface area contributed by atoms with Crippen LogP contribution in [0, 0.1) is 0 Å². The third-order valence-corrected chi connectivity index (χ3v) is 2.19. The number of aliphatic hydroxyl groups is 2. The Morgan fingerprint density at radius 1 is 1.44 bits per heavy atom. The summed E-state index contributed by atoms with van der Waals surface area (Å²) in [5, 5.41) is 18.9. The number of nitrogens with zero attached hydrogens (tertiary/aromatic N) is 1. The quantitative estimate of drug-likeness (QED) is 0.732. The van der Waals surface area contributed by atoms with Crippen LogP contribution in [0.2, 0.25) is 0 Å². The topological polar surface area (TPSA) is 96.4 Å². The Morgan fingerprint density at radius 3 is 2.56 bits per heavy atom. The highest BCUT2D eigenvalue weighted by molar-refractivity contribution is 5.74. The molecular formula is C10H11F3N2O3. The molecule has 4 N–H and O–H groups in total. The van der Waals surface area contributed by atoms with Gasteiger partial charge in [-0.05, 0) is 12.1 Å². The van der Waals surface area contributed by atoms with E-state index in [1.54, 1.807) is 0 Å². The molecule has 2 atom stereocenters. The first-order valence-corrected chi connectivity index (χ1v) is 4.89. The highest BCUT2D eigenvalue weighted by Crippen LogP contribution is 2.30. The largest absolute Gasteiger partial charge is 0.416 e. The number of amides is 1. The number of primary amides is 1. The van der Waals surface area contributed by atoms with Crippen LogP contribution in [0.1, 0.15) is 23.8 Å². The van der Waals surface area contributed by atoms with Gasteiger partial charge in [0.1, 0.15) is 6.10 Å². The molecular weight excluding hydrogens is 253 g/mol. The number of nitrogens with two attached hydrogens (primary N) is 1. The molecule has 0 saturated heterocycles. The highest BCUT2D eigenvalue weighted by Gasteiger charge is 2.32. The second-order valence-corrected chi connectivity index (χ2v) is 3.65. The number of rotatable bonds is 4. The monoisotopic (exact) mass is 264 g/mol. The molecule has 0 bridgehead atoms. The van der Waals surface area contributed by atoms with Crippen molar-refractivity contribution in [1.82, 2.24) is 4.98 Å². The number of aromatic nitrogens is 1. The fourth-order valence-electron chi connectivity index (χ4n) is 1.30. The summed E-state index contributed by atoms with van der Waals surface area (Å²) in [5.74, 6) is -0.881. The number of pyridine rings is 1. The van der Waals surface area contributed by atoms with E-state index in [0.717, 1.165) is 12.3 Å². The van der Waals surface area contributed by atoms with Gasteiger partial charge < -0.3 is 15.9 Å². The molecule has 0 aliphatic rings. The molecule has 1 aromatic rings. The molecule has 1 amide bonds. The number of carbonyl (C=O) groups excluding carboxylic acids is 1. The zero-order chi connectivity index (χ0) is 13.9. The Balaban J connectivity index is 2.93. The van der Waals surface area contributed by atoms with Gasteiger partial charge in [-0.1, -0.05) is 0 Å². The van der Waals surface area contributed by atoms with E-state index in [9.17, 15) is 28.2 Å². The van der Waals surface area contributed by atoms with Crippen LogP contribution in [-0.2, 0) is 11.0 Å². The summed E-state index contributed by atoms with van der Waals surface area (Å²) in [5.41, 5.74) is 3.42. The maximum absolute atomic E-state index is 12.4. The van der Waals surface area contributed by atoms with Crippen molar-refractivity contribution in [1.29, 1.82) is 0 Å². The molecule has 8 heteroatoms. The third-order valence-electron chi connectivity index (χ3n) is 2.19. The van der Waals surface area contributed by atoms with Crippen molar-refractivity contribution in [3.05, 3.63) is 29.6 Å². The van der Waals surface area contributed by atoms with Crippen LogP contribution in [0.5, 0.6) is 0 Å². The van der Waals surface area contributed by atoms with Crippen molar-refractivity contribution in [2.24, 2.45) is 5.73 Å². The standard InChI is InChI=1S/C10H11F3N2O3/c11-10(12,13)5-1-2-15-6(3-5)9(18)7(16)4-8(14)17/h1-3,7,9,16,18H,4H2,(H2,14,17). The molecule has 0 aliphatic heterocycles. The van der Waals surface area contributed by atoms with Crippen molar-refractivity contribution in [2.45, 2.75) is 24.8 Å². The van der Waals surface area contributed by atoms with Gasteiger partial charge in [-0.2, -0.15) is 13.2 Å². The molecule has 0 radical (unpaired) electrons. The second-order valence-electron chi connectivity index (χ2n) is 3.65. The normalized spacial score (nSPS) is 15.2. The van der Waals surface area contributed by atoms with Crippen molar-refractivity contribution in [3.8, 4) is 0 Å². The SMILES string of the molecule is NC(=O)CC(O)C(O)c1cc(C(F)(F)F)ccn1. The van der Waals surface area contributed by atoms with Gasteiger partial charge >= 0.3 is 6.18 Å². The lowest BCUT2D eigenvalue weighted by Crippen LogP contribution is -2.26. The van der Waals surface area contributed by atoms with Crippen molar-refractivity contribution < 1.29 is 28.2 Å². The molecule has 1 heterocycles. The Labute approximate surface area is 100 Å². The third kappa shape index (κ3) is 3.67. The number of carbonyl (C=O) groups is 1. The smallest absolute Gasteiger partial charge is 0.389 e.